The molecular weight excluding hydrogens is 154 g/mol. The molecule has 0 unspecified atom stereocenters. The predicted molar refractivity (Wildman–Crippen MR) is 48.9 cm³/mol. The van der Waals surface area contributed by atoms with Gasteiger partial charge in [0.15, 0.2) is 0 Å². The molecule has 0 aromatic heterocycles. The fourth-order valence-corrected chi connectivity index (χ4v) is 0.641. The van der Waals surface area contributed by atoms with Crippen LogP contribution in [0.2, 0.25) is 0 Å². The monoisotopic (exact) mass is 171 g/mol. The summed E-state index contributed by atoms with van der Waals surface area (Å²) in [6.07, 6.45) is 1.09. The number of nitrogens with one attached hydrogen (secondary N) is 1. The number of carbonyl (C=O) groups is 1. The van der Waals surface area contributed by atoms with E-state index in [1.54, 1.807) is 6.92 Å². The lowest BCUT2D eigenvalue weighted by Gasteiger charge is -2.04. The van der Waals surface area contributed by atoms with E-state index >= 15 is 0 Å². The van der Waals surface area contributed by atoms with E-state index in [-0.39, 0.29) is 5.97 Å². The molecule has 0 atom stereocenters. The van der Waals surface area contributed by atoms with E-state index in [1.165, 1.54) is 0 Å². The maximum Gasteiger partial charge on any atom is 0.333 e. The van der Waals surface area contributed by atoms with Crippen molar-refractivity contribution in [2.75, 3.05) is 19.7 Å². The van der Waals surface area contributed by atoms with Crippen LogP contribution in [-0.2, 0) is 9.53 Å². The number of rotatable bonds is 6. The van der Waals surface area contributed by atoms with Gasteiger partial charge in [-0.2, -0.15) is 0 Å². The summed E-state index contributed by atoms with van der Waals surface area (Å²) in [6.45, 7) is 9.31. The summed E-state index contributed by atoms with van der Waals surface area (Å²) in [4.78, 5) is 10.8. The predicted octanol–water partition coefficient (Wildman–Crippen LogP) is 1.11. The first-order valence-corrected chi connectivity index (χ1v) is 4.21. The lowest BCUT2D eigenvalue weighted by molar-refractivity contribution is -0.138. The van der Waals surface area contributed by atoms with Crippen molar-refractivity contribution in [2.45, 2.75) is 20.3 Å². The van der Waals surface area contributed by atoms with Gasteiger partial charge in [0.2, 0.25) is 0 Å². The minimum atomic E-state index is -0.312. The minimum absolute atomic E-state index is 0.312. The molecule has 3 nitrogen and oxygen atoms in total. The van der Waals surface area contributed by atoms with E-state index in [0.717, 1.165) is 13.0 Å². The van der Waals surface area contributed by atoms with Crippen LogP contribution in [0.15, 0.2) is 12.2 Å². The molecule has 0 aliphatic rings. The number of hydrogen-bond donors (Lipinski definition) is 1. The fraction of sp³-hybridized carbons (Fsp3) is 0.667. The largest absolute Gasteiger partial charge is 0.461 e. The second kappa shape index (κ2) is 6.85. The van der Waals surface area contributed by atoms with Gasteiger partial charge in [-0.25, -0.2) is 4.79 Å². The lowest BCUT2D eigenvalue weighted by atomic mass is 10.4. The molecule has 0 fully saturated rings. The summed E-state index contributed by atoms with van der Waals surface area (Å²) >= 11 is 0. The highest BCUT2D eigenvalue weighted by Crippen LogP contribution is 1.90. The zero-order valence-electron chi connectivity index (χ0n) is 7.85. The minimum Gasteiger partial charge on any atom is -0.461 e. The highest BCUT2D eigenvalue weighted by atomic mass is 16.5. The first-order valence-electron chi connectivity index (χ1n) is 4.21. The van der Waals surface area contributed by atoms with Gasteiger partial charge < -0.3 is 10.1 Å². The normalized spacial score (nSPS) is 9.50. The Morgan fingerprint density at radius 2 is 2.17 bits per heavy atom. The van der Waals surface area contributed by atoms with Crippen molar-refractivity contribution in [3.8, 4) is 0 Å². The van der Waals surface area contributed by atoms with Crippen molar-refractivity contribution >= 4 is 5.97 Å². The summed E-state index contributed by atoms with van der Waals surface area (Å²) < 4.78 is 4.85. The topological polar surface area (TPSA) is 38.3 Å². The van der Waals surface area contributed by atoms with Crippen molar-refractivity contribution in [3.05, 3.63) is 12.2 Å². The van der Waals surface area contributed by atoms with Gasteiger partial charge in [-0.05, 0) is 19.9 Å². The number of ether oxygens (including phenoxy) is 1. The highest BCUT2D eigenvalue weighted by Gasteiger charge is 2.00. The Kier molecular flexibility index (Phi) is 6.38. The van der Waals surface area contributed by atoms with Crippen molar-refractivity contribution in [1.29, 1.82) is 0 Å². The molecule has 0 aliphatic carbocycles. The van der Waals surface area contributed by atoms with E-state index in [1.807, 2.05) is 0 Å². The van der Waals surface area contributed by atoms with E-state index in [4.69, 9.17) is 4.74 Å². The zero-order valence-corrected chi connectivity index (χ0v) is 7.85. The van der Waals surface area contributed by atoms with E-state index < -0.39 is 0 Å². The van der Waals surface area contributed by atoms with Crippen LogP contribution in [0.1, 0.15) is 20.3 Å². The molecule has 0 bridgehead atoms. The highest BCUT2D eigenvalue weighted by molar-refractivity contribution is 5.86. The Bertz CT molecular complexity index is 155. The van der Waals surface area contributed by atoms with Gasteiger partial charge in [-0.3, -0.25) is 0 Å². The van der Waals surface area contributed by atoms with Crippen molar-refractivity contribution in [2.24, 2.45) is 0 Å². The fourth-order valence-electron chi connectivity index (χ4n) is 0.641. The van der Waals surface area contributed by atoms with Crippen LogP contribution in [0.25, 0.3) is 0 Å². The quantitative estimate of drug-likeness (QED) is 0.369. The van der Waals surface area contributed by atoms with Crippen LogP contribution in [0.4, 0.5) is 0 Å². The number of carbonyl (C=O) groups excluding carboxylic acids is 1. The van der Waals surface area contributed by atoms with Crippen LogP contribution in [0, 0.1) is 0 Å². The molecule has 0 aliphatic heterocycles. The Morgan fingerprint density at radius 1 is 1.50 bits per heavy atom. The average molecular weight is 171 g/mol. The summed E-state index contributed by atoms with van der Waals surface area (Å²) in [5, 5.41) is 3.12. The molecule has 0 saturated carbocycles. The molecule has 70 valence electrons. The summed E-state index contributed by atoms with van der Waals surface area (Å²) in [6, 6.07) is 0. The molecule has 0 aromatic rings. The summed E-state index contributed by atoms with van der Waals surface area (Å²) in [5.74, 6) is -0.312. The maximum absolute atomic E-state index is 10.8. The van der Waals surface area contributed by atoms with E-state index in [9.17, 15) is 4.79 Å². The molecule has 1 N–H and O–H groups in total. The first kappa shape index (κ1) is 11.2. The third-order valence-corrected chi connectivity index (χ3v) is 1.29. The maximum atomic E-state index is 10.8. The third kappa shape index (κ3) is 5.92. The second-order valence-corrected chi connectivity index (χ2v) is 2.67. The Morgan fingerprint density at radius 3 is 2.67 bits per heavy atom. The van der Waals surface area contributed by atoms with Crippen LogP contribution in [-0.4, -0.2) is 25.7 Å². The number of hydrogen-bond acceptors (Lipinski definition) is 3. The molecule has 12 heavy (non-hydrogen) atoms. The van der Waals surface area contributed by atoms with Gasteiger partial charge in [-0.1, -0.05) is 13.5 Å². The van der Waals surface area contributed by atoms with Crippen molar-refractivity contribution < 1.29 is 9.53 Å². The molecule has 0 aromatic carbocycles. The van der Waals surface area contributed by atoms with Gasteiger partial charge in [0, 0.05) is 12.1 Å². The van der Waals surface area contributed by atoms with Crippen LogP contribution in [0.5, 0.6) is 0 Å². The molecule has 0 rings (SSSR count). The Balaban J connectivity index is 3.20. The standard InChI is InChI=1S/C9H17NO2/c1-4-5-10-6-7-12-9(11)8(2)3/h10H,2,4-7H2,1,3H3. The summed E-state index contributed by atoms with van der Waals surface area (Å²) in [7, 11) is 0. The van der Waals surface area contributed by atoms with Gasteiger partial charge >= 0.3 is 5.97 Å². The second-order valence-electron chi connectivity index (χ2n) is 2.67. The smallest absolute Gasteiger partial charge is 0.333 e. The van der Waals surface area contributed by atoms with Gasteiger partial charge in [0.1, 0.15) is 6.61 Å². The van der Waals surface area contributed by atoms with E-state index in [0.29, 0.717) is 18.7 Å². The molecule has 0 amide bonds. The van der Waals surface area contributed by atoms with Crippen molar-refractivity contribution in [3.63, 3.8) is 0 Å². The molecular formula is C9H17NO2. The molecule has 0 spiro atoms. The molecule has 3 heteroatoms. The van der Waals surface area contributed by atoms with Gasteiger partial charge in [-0.15, -0.1) is 0 Å². The van der Waals surface area contributed by atoms with Crippen LogP contribution in [0.3, 0.4) is 0 Å². The van der Waals surface area contributed by atoms with Crippen LogP contribution >= 0.6 is 0 Å². The average Bonchev–Trinajstić information content (AvgIpc) is 2.03. The van der Waals surface area contributed by atoms with Gasteiger partial charge in [0.25, 0.3) is 0 Å². The molecule has 0 heterocycles. The van der Waals surface area contributed by atoms with E-state index in [2.05, 4.69) is 18.8 Å². The number of esters is 1. The van der Waals surface area contributed by atoms with Gasteiger partial charge in [0.05, 0.1) is 0 Å². The SMILES string of the molecule is C=C(C)C(=O)OCCNCCC. The molecule has 0 radical (unpaired) electrons. The lowest BCUT2D eigenvalue weighted by Crippen LogP contribution is -2.22. The third-order valence-electron chi connectivity index (χ3n) is 1.29. The Hall–Kier alpha value is -0.830. The Labute approximate surface area is 73.8 Å². The summed E-state index contributed by atoms with van der Waals surface area (Å²) in [5.41, 5.74) is 0.450. The molecule has 0 saturated heterocycles. The zero-order chi connectivity index (χ0) is 9.40. The van der Waals surface area contributed by atoms with Crippen LogP contribution < -0.4 is 5.32 Å². The van der Waals surface area contributed by atoms with Crippen molar-refractivity contribution in [1.82, 2.24) is 5.32 Å². The first-order chi connectivity index (χ1) is 5.68.